The Morgan fingerprint density at radius 3 is 2.80 bits per heavy atom. The molecule has 2 nitrogen and oxygen atoms in total. The van der Waals surface area contributed by atoms with Crippen molar-refractivity contribution in [3.05, 3.63) is 29.6 Å². The minimum Gasteiger partial charge on any atom is -0.494 e. The van der Waals surface area contributed by atoms with Crippen LogP contribution in [0.3, 0.4) is 0 Å². The predicted molar refractivity (Wildman–Crippen MR) is 55.6 cm³/mol. The number of epoxide rings is 1. The molecule has 82 valence electrons. The van der Waals surface area contributed by atoms with E-state index in [-0.39, 0.29) is 11.4 Å². The van der Waals surface area contributed by atoms with Crippen LogP contribution in [0.4, 0.5) is 4.39 Å². The average Bonchev–Trinajstić information content (AvgIpc) is 2.95. The van der Waals surface area contributed by atoms with Gasteiger partial charge in [0.2, 0.25) is 0 Å². The molecule has 0 amide bonds. The lowest BCUT2D eigenvalue weighted by Crippen LogP contribution is -2.05. The monoisotopic (exact) mass is 210 g/mol. The Hall–Kier alpha value is -1.09. The second-order valence-electron chi connectivity index (χ2n) is 4.21. The van der Waals surface area contributed by atoms with E-state index in [1.807, 2.05) is 6.07 Å². The minimum atomic E-state index is -0.295. The molecule has 2 rings (SSSR count). The standard InChI is InChI=1S/C12H15FO2/c1-12(8-15-12)6-5-9-3-4-11(14-2)10(13)7-9/h3-4,7H,5-6,8H2,1-2H3. The quantitative estimate of drug-likeness (QED) is 0.712. The third-order valence-electron chi connectivity index (χ3n) is 2.80. The number of rotatable bonds is 4. The number of ether oxygens (including phenoxy) is 2. The molecule has 1 atom stereocenters. The second-order valence-corrected chi connectivity index (χ2v) is 4.21. The summed E-state index contributed by atoms with van der Waals surface area (Å²) < 4.78 is 23.5. The number of benzene rings is 1. The van der Waals surface area contributed by atoms with Gasteiger partial charge in [-0.2, -0.15) is 0 Å². The third-order valence-corrected chi connectivity index (χ3v) is 2.80. The molecule has 1 fully saturated rings. The van der Waals surface area contributed by atoms with Crippen LogP contribution in [0.1, 0.15) is 18.9 Å². The van der Waals surface area contributed by atoms with Crippen molar-refractivity contribution in [2.75, 3.05) is 13.7 Å². The highest BCUT2D eigenvalue weighted by atomic mass is 19.1. The van der Waals surface area contributed by atoms with Gasteiger partial charge in [0.25, 0.3) is 0 Å². The van der Waals surface area contributed by atoms with Crippen molar-refractivity contribution in [3.8, 4) is 5.75 Å². The first-order valence-electron chi connectivity index (χ1n) is 5.09. The lowest BCUT2D eigenvalue weighted by Gasteiger charge is -2.07. The van der Waals surface area contributed by atoms with Gasteiger partial charge in [0.15, 0.2) is 11.6 Å². The number of halogens is 1. The summed E-state index contributed by atoms with van der Waals surface area (Å²) in [6, 6.07) is 5.10. The molecule has 1 saturated heterocycles. The van der Waals surface area contributed by atoms with E-state index in [1.165, 1.54) is 13.2 Å². The molecule has 0 aromatic heterocycles. The Bertz CT molecular complexity index is 359. The Morgan fingerprint density at radius 1 is 1.53 bits per heavy atom. The molecular formula is C12H15FO2. The molecule has 0 saturated carbocycles. The van der Waals surface area contributed by atoms with Gasteiger partial charge < -0.3 is 9.47 Å². The normalized spacial score (nSPS) is 23.9. The smallest absolute Gasteiger partial charge is 0.165 e. The summed E-state index contributed by atoms with van der Waals surface area (Å²) in [7, 11) is 1.47. The fraction of sp³-hybridized carbons (Fsp3) is 0.500. The van der Waals surface area contributed by atoms with Crippen molar-refractivity contribution in [2.24, 2.45) is 0 Å². The van der Waals surface area contributed by atoms with Crippen LogP contribution in [0, 0.1) is 5.82 Å². The fourth-order valence-electron chi connectivity index (χ4n) is 1.54. The summed E-state index contributed by atoms with van der Waals surface area (Å²) in [5.74, 6) is 0.00417. The van der Waals surface area contributed by atoms with Crippen LogP contribution in [0.15, 0.2) is 18.2 Å². The van der Waals surface area contributed by atoms with Crippen molar-refractivity contribution >= 4 is 0 Å². The van der Waals surface area contributed by atoms with Crippen LogP contribution in [-0.2, 0) is 11.2 Å². The summed E-state index contributed by atoms with van der Waals surface area (Å²) in [4.78, 5) is 0. The van der Waals surface area contributed by atoms with Crippen molar-refractivity contribution < 1.29 is 13.9 Å². The van der Waals surface area contributed by atoms with Gasteiger partial charge in [-0.1, -0.05) is 6.07 Å². The summed E-state index contributed by atoms with van der Waals surface area (Å²) in [5.41, 5.74) is 1.03. The van der Waals surface area contributed by atoms with E-state index < -0.39 is 0 Å². The molecular weight excluding hydrogens is 195 g/mol. The Morgan fingerprint density at radius 2 is 2.27 bits per heavy atom. The Balaban J connectivity index is 1.99. The van der Waals surface area contributed by atoms with Gasteiger partial charge in [-0.05, 0) is 37.5 Å². The zero-order chi connectivity index (χ0) is 10.9. The predicted octanol–water partition coefficient (Wildman–Crippen LogP) is 2.56. The van der Waals surface area contributed by atoms with Crippen LogP contribution in [0.2, 0.25) is 0 Å². The zero-order valence-corrected chi connectivity index (χ0v) is 9.05. The molecule has 1 unspecified atom stereocenters. The topological polar surface area (TPSA) is 21.8 Å². The number of methoxy groups -OCH3 is 1. The average molecular weight is 210 g/mol. The van der Waals surface area contributed by atoms with Gasteiger partial charge in [-0.25, -0.2) is 4.39 Å². The lowest BCUT2D eigenvalue weighted by atomic mass is 10.0. The van der Waals surface area contributed by atoms with Gasteiger partial charge in [0.1, 0.15) is 0 Å². The molecule has 1 aromatic carbocycles. The Labute approximate surface area is 89.0 Å². The van der Waals surface area contributed by atoms with E-state index in [2.05, 4.69) is 6.92 Å². The van der Waals surface area contributed by atoms with Gasteiger partial charge in [0, 0.05) is 0 Å². The summed E-state index contributed by atoms with van der Waals surface area (Å²) >= 11 is 0. The third kappa shape index (κ3) is 2.48. The SMILES string of the molecule is COc1ccc(CCC2(C)CO2)cc1F. The summed E-state index contributed by atoms with van der Waals surface area (Å²) in [6.45, 7) is 2.90. The van der Waals surface area contributed by atoms with Crippen molar-refractivity contribution in [1.29, 1.82) is 0 Å². The molecule has 0 bridgehead atoms. The summed E-state index contributed by atoms with van der Waals surface area (Å²) in [6.07, 6.45) is 1.79. The number of hydrogen-bond donors (Lipinski definition) is 0. The molecule has 1 aromatic rings. The lowest BCUT2D eigenvalue weighted by molar-refractivity contribution is 0.309. The first kappa shape index (κ1) is 10.4. The minimum absolute atomic E-state index is 0.0381. The van der Waals surface area contributed by atoms with Crippen LogP contribution in [0.25, 0.3) is 0 Å². The van der Waals surface area contributed by atoms with Crippen molar-refractivity contribution in [2.45, 2.75) is 25.4 Å². The zero-order valence-electron chi connectivity index (χ0n) is 9.05. The first-order valence-corrected chi connectivity index (χ1v) is 5.09. The largest absolute Gasteiger partial charge is 0.494 e. The molecule has 0 spiro atoms. The molecule has 1 heterocycles. The van der Waals surface area contributed by atoms with Crippen LogP contribution in [-0.4, -0.2) is 19.3 Å². The van der Waals surface area contributed by atoms with Crippen molar-refractivity contribution in [1.82, 2.24) is 0 Å². The van der Waals surface area contributed by atoms with Crippen LogP contribution in [0.5, 0.6) is 5.75 Å². The van der Waals surface area contributed by atoms with Crippen LogP contribution >= 0.6 is 0 Å². The van der Waals surface area contributed by atoms with E-state index in [0.717, 1.165) is 25.0 Å². The van der Waals surface area contributed by atoms with Crippen LogP contribution < -0.4 is 4.74 Å². The molecule has 0 N–H and O–H groups in total. The summed E-state index contributed by atoms with van der Waals surface area (Å²) in [5, 5.41) is 0. The first-order chi connectivity index (χ1) is 7.13. The molecule has 0 radical (unpaired) electrons. The van der Waals surface area contributed by atoms with Crippen molar-refractivity contribution in [3.63, 3.8) is 0 Å². The van der Waals surface area contributed by atoms with E-state index in [9.17, 15) is 4.39 Å². The number of aryl methyl sites for hydroxylation is 1. The van der Waals surface area contributed by atoms with Gasteiger partial charge in [0.05, 0.1) is 19.3 Å². The molecule has 1 aliphatic heterocycles. The van der Waals surface area contributed by atoms with Gasteiger partial charge in [-0.3, -0.25) is 0 Å². The number of hydrogen-bond acceptors (Lipinski definition) is 2. The van der Waals surface area contributed by atoms with E-state index >= 15 is 0 Å². The maximum absolute atomic E-state index is 13.3. The van der Waals surface area contributed by atoms with Gasteiger partial charge in [-0.15, -0.1) is 0 Å². The highest BCUT2D eigenvalue weighted by Gasteiger charge is 2.38. The second kappa shape index (κ2) is 3.81. The molecule has 15 heavy (non-hydrogen) atoms. The van der Waals surface area contributed by atoms with E-state index in [1.54, 1.807) is 6.07 Å². The highest BCUT2D eigenvalue weighted by molar-refractivity contribution is 5.29. The van der Waals surface area contributed by atoms with E-state index in [0.29, 0.717) is 5.75 Å². The Kier molecular flexibility index (Phi) is 2.65. The highest BCUT2D eigenvalue weighted by Crippen LogP contribution is 2.31. The van der Waals surface area contributed by atoms with Gasteiger partial charge >= 0.3 is 0 Å². The molecule has 3 heteroatoms. The molecule has 1 aliphatic rings. The fourth-order valence-corrected chi connectivity index (χ4v) is 1.54. The maximum Gasteiger partial charge on any atom is 0.165 e. The molecule has 0 aliphatic carbocycles. The van der Waals surface area contributed by atoms with E-state index in [4.69, 9.17) is 9.47 Å². The maximum atomic E-state index is 13.3.